The van der Waals surface area contributed by atoms with E-state index in [0.29, 0.717) is 31.7 Å². The maximum Gasteiger partial charge on any atom is 0.304 e. The van der Waals surface area contributed by atoms with Crippen molar-refractivity contribution in [2.75, 3.05) is 23.7 Å². The minimum atomic E-state index is -4.43. The molecule has 0 saturated heterocycles. The number of aliphatic carboxylic acids is 1. The summed E-state index contributed by atoms with van der Waals surface area (Å²) in [5.74, 6) is -0.616. The van der Waals surface area contributed by atoms with E-state index in [-0.39, 0.29) is 22.1 Å². The van der Waals surface area contributed by atoms with Crippen molar-refractivity contribution in [2.24, 2.45) is 0 Å². The molecule has 0 unspecified atom stereocenters. The lowest BCUT2D eigenvalue weighted by molar-refractivity contribution is -0.438. The molecule has 0 fully saturated rings. The minimum Gasteiger partial charge on any atom is -0.481 e. The van der Waals surface area contributed by atoms with Crippen LogP contribution in [0.5, 0.6) is 0 Å². The quantitative estimate of drug-likeness (QED) is 0.0496. The van der Waals surface area contributed by atoms with Crippen molar-refractivity contribution in [2.45, 2.75) is 87.3 Å². The predicted molar refractivity (Wildman–Crippen MR) is 198 cm³/mol. The van der Waals surface area contributed by atoms with Crippen LogP contribution in [0, 0.1) is 0 Å². The average molecular weight is 767 g/mol. The summed E-state index contributed by atoms with van der Waals surface area (Å²) in [5, 5.41) is 8.72. The molecule has 4 N–H and O–H groups in total. The fraction of sp³-hybridized carbons (Fsp3) is 0.441. The second-order valence-electron chi connectivity index (χ2n) is 13.1. The number of amides is 1. The summed E-state index contributed by atoms with van der Waals surface area (Å²) in [5.41, 5.74) is 3.83. The van der Waals surface area contributed by atoms with E-state index >= 15 is 0 Å². The Labute approximate surface area is 302 Å². The normalized spacial score (nSPS) is 17.4. The molecule has 2 aliphatic rings. The van der Waals surface area contributed by atoms with Crippen LogP contribution in [0.2, 0.25) is 0 Å². The molecule has 0 saturated carbocycles. The summed E-state index contributed by atoms with van der Waals surface area (Å²) in [6.07, 6.45) is 8.41. The van der Waals surface area contributed by atoms with E-state index in [1.165, 1.54) is 35.1 Å². The molecule has 2 heterocycles. The van der Waals surface area contributed by atoms with Gasteiger partial charge in [0, 0.05) is 70.6 Å². The lowest BCUT2D eigenvalue weighted by Crippen LogP contribution is -2.28. The van der Waals surface area contributed by atoms with E-state index in [1.807, 2.05) is 52.8 Å². The van der Waals surface area contributed by atoms with Gasteiger partial charge in [-0.1, -0.05) is 30.7 Å². The van der Waals surface area contributed by atoms with E-state index in [0.717, 1.165) is 57.7 Å². The molecule has 1 amide bonds. The van der Waals surface area contributed by atoms with Crippen LogP contribution in [0.25, 0.3) is 0 Å². The number of likely N-dealkylation sites (N-methyl/N-ethyl adjacent to an activating group) is 1. The van der Waals surface area contributed by atoms with Gasteiger partial charge in [0.2, 0.25) is 11.6 Å². The number of anilines is 1. The second kappa shape index (κ2) is 15.6. The molecule has 0 radical (unpaired) electrons. The van der Waals surface area contributed by atoms with Gasteiger partial charge in [-0.25, -0.2) is 0 Å². The first-order valence-corrected chi connectivity index (χ1v) is 21.3. The fourth-order valence-corrected chi connectivity index (χ4v) is 9.04. The van der Waals surface area contributed by atoms with Gasteiger partial charge in [0.25, 0.3) is 20.2 Å². The third-order valence-electron chi connectivity index (χ3n) is 9.05. The number of allylic oxidation sites excluding steroid dienone is 4. The predicted octanol–water partition coefficient (Wildman–Crippen LogP) is 6.26. The highest BCUT2D eigenvalue weighted by Gasteiger charge is 2.45. The zero-order valence-electron chi connectivity index (χ0n) is 28.7. The van der Waals surface area contributed by atoms with Crippen molar-refractivity contribution in [1.29, 1.82) is 0 Å². The molecule has 2 aromatic carbocycles. The molecule has 0 aromatic heterocycles. The van der Waals surface area contributed by atoms with E-state index in [4.69, 9.17) is 5.11 Å². The van der Waals surface area contributed by atoms with Crippen molar-refractivity contribution >= 4 is 71.0 Å². The summed E-state index contributed by atoms with van der Waals surface area (Å²) in [4.78, 5) is 24.6. The highest BCUT2D eigenvalue weighted by molar-refractivity contribution is 8.76. The zero-order chi connectivity index (χ0) is 37.1. The van der Waals surface area contributed by atoms with Crippen LogP contribution in [0.15, 0.2) is 70.1 Å². The summed E-state index contributed by atoms with van der Waals surface area (Å²) in [6.45, 7) is 11.2. The Morgan fingerprint density at radius 3 is 2.16 bits per heavy atom. The number of carboxylic acid groups (broad SMARTS) is 1. The number of unbranched alkanes of at least 4 members (excludes halogenated alkanes) is 2. The first kappa shape index (κ1) is 39.6. The number of fused-ring (bicyclic) bond motifs is 2. The second-order valence-corrected chi connectivity index (χ2v) is 18.2. The van der Waals surface area contributed by atoms with Crippen LogP contribution in [-0.2, 0) is 40.7 Å². The highest BCUT2D eigenvalue weighted by atomic mass is 33.1. The van der Waals surface area contributed by atoms with E-state index < -0.39 is 37.0 Å². The number of benzene rings is 2. The van der Waals surface area contributed by atoms with Crippen molar-refractivity contribution in [3.63, 3.8) is 0 Å². The van der Waals surface area contributed by atoms with Gasteiger partial charge in [0.15, 0.2) is 5.71 Å². The maximum absolute atomic E-state index is 12.2. The number of carbonyl (C=O) groups is 2. The molecule has 50 heavy (non-hydrogen) atoms. The van der Waals surface area contributed by atoms with E-state index in [9.17, 15) is 35.5 Å². The Morgan fingerprint density at radius 2 is 1.54 bits per heavy atom. The zero-order valence-corrected chi connectivity index (χ0v) is 31.9. The number of rotatable bonds is 16. The van der Waals surface area contributed by atoms with Gasteiger partial charge < -0.3 is 10.0 Å². The SMILES string of the molecule is CCN1C(=C/C=C/C2=[N+](CCCCCC(=O)NSSCCC(=O)O)c3ccc(S(=O)(=O)O)cc3C2(C)C)C(C)(C)c2cc(S(=O)(=O)O)ccc21. The molecule has 0 aliphatic carbocycles. The molecule has 272 valence electrons. The highest BCUT2D eigenvalue weighted by Crippen LogP contribution is 2.48. The minimum absolute atomic E-state index is 0.0244. The summed E-state index contributed by atoms with van der Waals surface area (Å²) >= 11 is 0. The molecule has 4 rings (SSSR count). The average Bonchev–Trinajstić information content (AvgIpc) is 3.37. The van der Waals surface area contributed by atoms with Gasteiger partial charge in [-0.2, -0.15) is 21.4 Å². The molecule has 12 nitrogen and oxygen atoms in total. The summed E-state index contributed by atoms with van der Waals surface area (Å²) in [7, 11) is -6.40. The Kier molecular flexibility index (Phi) is 12.4. The van der Waals surface area contributed by atoms with Gasteiger partial charge in [0.1, 0.15) is 6.54 Å². The number of hydrogen-bond donors (Lipinski definition) is 4. The molecule has 0 spiro atoms. The van der Waals surface area contributed by atoms with Gasteiger partial charge >= 0.3 is 5.97 Å². The van der Waals surface area contributed by atoms with Crippen molar-refractivity contribution < 1.29 is 45.2 Å². The third-order valence-corrected chi connectivity index (χ3v) is 12.6. The molecule has 2 aromatic rings. The monoisotopic (exact) mass is 766 g/mol. The first-order valence-electron chi connectivity index (χ1n) is 16.1. The number of nitrogens with one attached hydrogen (secondary N) is 1. The van der Waals surface area contributed by atoms with Crippen LogP contribution in [0.3, 0.4) is 0 Å². The molecule has 0 atom stereocenters. The Hall–Kier alpha value is -3.15. The standard InChI is InChI=1S/C34H43N3O9S4/c1-6-36-27-16-14-23(49(41,42)43)21-25(27)33(2,3)29(36)11-10-12-30-34(4,5)26-22-24(50(44,45)46)15-17-28(26)37(30)19-9-7-8-13-31(38)35-48-47-20-18-32(39)40/h10-12,14-17,21-22H,6-9,13,18-20H2,1-5H3,(H3-,35,38,39,40,41,42,43,44,45,46)/p+1. The van der Waals surface area contributed by atoms with E-state index in [2.05, 4.69) is 14.2 Å². The fourth-order valence-electron chi connectivity index (χ4n) is 6.47. The first-order chi connectivity index (χ1) is 23.3. The molecular formula is C34H44N3O9S4+. The molecular weight excluding hydrogens is 723 g/mol. The Bertz CT molecular complexity index is 1970. The van der Waals surface area contributed by atoms with Crippen LogP contribution in [-0.4, -0.2) is 72.1 Å². The van der Waals surface area contributed by atoms with Gasteiger partial charge in [0.05, 0.1) is 21.6 Å². The molecule has 2 aliphatic heterocycles. The van der Waals surface area contributed by atoms with Crippen LogP contribution >= 0.6 is 21.8 Å². The number of carboxylic acids is 1. The molecule has 16 heteroatoms. The van der Waals surface area contributed by atoms with E-state index in [1.54, 1.807) is 12.1 Å². The summed E-state index contributed by atoms with van der Waals surface area (Å²) in [6, 6.07) is 9.22. The van der Waals surface area contributed by atoms with Crippen LogP contribution in [0.1, 0.15) is 77.8 Å². The Morgan fingerprint density at radius 1 is 0.900 bits per heavy atom. The largest absolute Gasteiger partial charge is 0.481 e. The van der Waals surface area contributed by atoms with Gasteiger partial charge in [-0.05, 0) is 75.6 Å². The number of carbonyl (C=O) groups excluding carboxylic acids is 1. The lowest BCUT2D eigenvalue weighted by Gasteiger charge is -2.25. The van der Waals surface area contributed by atoms with Crippen LogP contribution in [0.4, 0.5) is 11.4 Å². The van der Waals surface area contributed by atoms with Gasteiger partial charge in [-0.3, -0.25) is 23.4 Å². The summed E-state index contributed by atoms with van der Waals surface area (Å²) < 4.78 is 72.2. The number of hydrogen-bond acceptors (Lipinski definition) is 9. The van der Waals surface area contributed by atoms with Crippen molar-refractivity contribution in [1.82, 2.24) is 4.72 Å². The van der Waals surface area contributed by atoms with Crippen molar-refractivity contribution in [3.8, 4) is 0 Å². The third kappa shape index (κ3) is 8.83. The maximum atomic E-state index is 12.2. The van der Waals surface area contributed by atoms with Gasteiger partial charge in [-0.15, -0.1) is 0 Å². The number of nitrogens with zero attached hydrogens (tertiary/aromatic N) is 2. The lowest BCUT2D eigenvalue weighted by atomic mass is 9.81. The van der Waals surface area contributed by atoms with Crippen molar-refractivity contribution in [3.05, 3.63) is 71.5 Å². The molecule has 0 bridgehead atoms. The Balaban J connectivity index is 1.58. The topological polar surface area (TPSA) is 181 Å². The smallest absolute Gasteiger partial charge is 0.304 e. The van der Waals surface area contributed by atoms with Crippen LogP contribution < -0.4 is 9.62 Å².